The molecule has 0 radical (unpaired) electrons. The van der Waals surface area contributed by atoms with Gasteiger partial charge in [0.05, 0.1) is 55.5 Å². The van der Waals surface area contributed by atoms with Crippen LogP contribution in [-0.2, 0) is 0 Å². The Balaban J connectivity index is 1.38. The smallest absolute Gasteiger partial charge is 0.220 e. The summed E-state index contributed by atoms with van der Waals surface area (Å²) in [7, 11) is 0. The van der Waals surface area contributed by atoms with Crippen LogP contribution in [0.3, 0.4) is 0 Å². The Morgan fingerprint density at radius 2 is 0.825 bits per heavy atom. The fourth-order valence-corrected chi connectivity index (χ4v) is 6.41. The molecule has 0 aliphatic heterocycles. The molecule has 5 aromatic carbocycles. The Labute approximate surface area is 229 Å². The van der Waals surface area contributed by atoms with E-state index in [9.17, 15) is 0 Å². The maximum absolute atomic E-state index is 5.16. The van der Waals surface area contributed by atoms with Crippen molar-refractivity contribution in [2.75, 3.05) is 0 Å². The van der Waals surface area contributed by atoms with Gasteiger partial charge in [-0.3, -0.25) is 17.9 Å². The monoisotopic (exact) mass is 516 g/mol. The maximum Gasteiger partial charge on any atom is 0.220 e. The van der Waals surface area contributed by atoms with Gasteiger partial charge >= 0.3 is 0 Å². The van der Waals surface area contributed by atoms with Gasteiger partial charge in [0.2, 0.25) is 11.6 Å². The summed E-state index contributed by atoms with van der Waals surface area (Å²) >= 11 is 0. The molecule has 6 nitrogen and oxygen atoms in total. The van der Waals surface area contributed by atoms with Crippen LogP contribution in [0.25, 0.3) is 67.1 Å². The maximum atomic E-state index is 5.16. The van der Waals surface area contributed by atoms with E-state index in [0.29, 0.717) is 0 Å². The lowest BCUT2D eigenvalue weighted by Gasteiger charge is -2.10. The van der Waals surface area contributed by atoms with E-state index in [1.165, 1.54) is 11.1 Å². The molecule has 0 saturated heterocycles. The summed E-state index contributed by atoms with van der Waals surface area (Å²) in [6.45, 7) is 4.25. The first-order valence-electron chi connectivity index (χ1n) is 13.5. The van der Waals surface area contributed by atoms with E-state index < -0.39 is 0 Å². The van der Waals surface area contributed by atoms with E-state index in [4.69, 9.17) is 9.97 Å². The largest absolute Gasteiger partial charge is 0.278 e. The van der Waals surface area contributed by atoms with Gasteiger partial charge in [-0.05, 0) is 79.6 Å². The van der Waals surface area contributed by atoms with Crippen LogP contribution in [0.1, 0.15) is 11.1 Å². The quantitative estimate of drug-likeness (QED) is 0.235. The first kappa shape index (κ1) is 21.6. The topological polar surface area (TPSA) is 44.5 Å². The standard InChI is InChI=1S/C34H24N6/c1-21-10-7-18-29-31(21)35-33-37(25-14-3-5-16-27(25)39(29)33)23-12-9-13-24(20-23)38-26-15-4-6-17-28(26)40-30-19-8-11-22(2)32(30)36-34(38)40/h3-20H,1-2H3. The first-order chi connectivity index (χ1) is 19.7. The zero-order valence-electron chi connectivity index (χ0n) is 22.1. The van der Waals surface area contributed by atoms with Crippen molar-refractivity contribution in [2.45, 2.75) is 13.8 Å². The summed E-state index contributed by atoms with van der Waals surface area (Å²) in [5.41, 5.74) is 13.3. The van der Waals surface area contributed by atoms with Crippen molar-refractivity contribution in [1.82, 2.24) is 27.9 Å². The molecule has 0 unspecified atom stereocenters. The van der Waals surface area contributed by atoms with Crippen molar-refractivity contribution in [3.05, 3.63) is 120 Å². The van der Waals surface area contributed by atoms with Crippen LogP contribution >= 0.6 is 0 Å². The van der Waals surface area contributed by atoms with Crippen molar-refractivity contribution in [1.29, 1.82) is 0 Å². The van der Waals surface area contributed by atoms with E-state index in [-0.39, 0.29) is 0 Å². The van der Waals surface area contributed by atoms with Gasteiger partial charge in [-0.25, -0.2) is 9.97 Å². The number of hydrogen-bond donors (Lipinski definition) is 0. The predicted molar refractivity (Wildman–Crippen MR) is 162 cm³/mol. The number of aryl methyl sites for hydroxylation is 2. The molecule has 0 bridgehead atoms. The molecule has 0 fully saturated rings. The highest BCUT2D eigenvalue weighted by Crippen LogP contribution is 2.33. The van der Waals surface area contributed by atoms with Crippen molar-refractivity contribution in [2.24, 2.45) is 0 Å². The molecule has 0 spiro atoms. The van der Waals surface area contributed by atoms with E-state index in [0.717, 1.165) is 67.1 Å². The molecule has 9 rings (SSSR count). The lowest BCUT2D eigenvalue weighted by molar-refractivity contribution is 1.08. The van der Waals surface area contributed by atoms with Crippen LogP contribution in [0.5, 0.6) is 0 Å². The molecule has 40 heavy (non-hydrogen) atoms. The summed E-state index contributed by atoms with van der Waals surface area (Å²) in [6.07, 6.45) is 0. The van der Waals surface area contributed by atoms with Gasteiger partial charge in [0, 0.05) is 0 Å². The van der Waals surface area contributed by atoms with Crippen LogP contribution in [-0.4, -0.2) is 27.9 Å². The van der Waals surface area contributed by atoms with Gasteiger partial charge in [-0.15, -0.1) is 0 Å². The number of fused-ring (bicyclic) bond motifs is 10. The minimum absolute atomic E-state index is 0.910. The highest BCUT2D eigenvalue weighted by atomic mass is 15.2. The fourth-order valence-electron chi connectivity index (χ4n) is 6.41. The van der Waals surface area contributed by atoms with Crippen molar-refractivity contribution in [3.63, 3.8) is 0 Å². The Morgan fingerprint density at radius 3 is 1.30 bits per heavy atom. The van der Waals surface area contributed by atoms with Crippen molar-refractivity contribution >= 4 is 55.7 Å². The summed E-state index contributed by atoms with van der Waals surface area (Å²) < 4.78 is 9.09. The molecule has 4 heterocycles. The summed E-state index contributed by atoms with van der Waals surface area (Å²) in [6, 6.07) is 38.6. The Bertz CT molecular complexity index is 2290. The number of aromatic nitrogens is 6. The molecule has 0 atom stereocenters. The van der Waals surface area contributed by atoms with Gasteiger partial charge in [0.25, 0.3) is 0 Å². The van der Waals surface area contributed by atoms with E-state index in [1.807, 2.05) is 0 Å². The Hall–Kier alpha value is -5.36. The van der Waals surface area contributed by atoms with Crippen molar-refractivity contribution in [3.8, 4) is 11.4 Å². The fraction of sp³-hybridized carbons (Fsp3) is 0.0588. The molecule has 190 valence electrons. The Kier molecular flexibility index (Phi) is 4.10. The minimum atomic E-state index is 0.910. The predicted octanol–water partition coefficient (Wildman–Crippen LogP) is 7.79. The number of para-hydroxylation sites is 6. The van der Waals surface area contributed by atoms with E-state index in [2.05, 4.69) is 141 Å². The number of benzene rings is 5. The second kappa shape index (κ2) is 7.61. The number of imidazole rings is 4. The number of nitrogens with zero attached hydrogens (tertiary/aromatic N) is 6. The van der Waals surface area contributed by atoms with Gasteiger partial charge in [-0.1, -0.05) is 54.6 Å². The number of hydrogen-bond acceptors (Lipinski definition) is 2. The average Bonchev–Trinajstić information content (AvgIpc) is 3.70. The molecular formula is C34H24N6. The zero-order valence-corrected chi connectivity index (χ0v) is 22.1. The van der Waals surface area contributed by atoms with Gasteiger partial charge in [0.15, 0.2) is 0 Å². The van der Waals surface area contributed by atoms with Crippen molar-refractivity contribution < 1.29 is 0 Å². The first-order valence-corrected chi connectivity index (χ1v) is 13.5. The lowest BCUT2D eigenvalue weighted by atomic mass is 10.2. The van der Waals surface area contributed by atoms with Crippen LogP contribution < -0.4 is 0 Å². The third-order valence-corrected chi connectivity index (χ3v) is 8.21. The molecular weight excluding hydrogens is 492 g/mol. The summed E-state index contributed by atoms with van der Waals surface area (Å²) in [5, 5.41) is 0. The van der Waals surface area contributed by atoms with Gasteiger partial charge < -0.3 is 0 Å². The lowest BCUT2D eigenvalue weighted by Crippen LogP contribution is -1.99. The second-order valence-electron chi connectivity index (χ2n) is 10.5. The molecule has 0 N–H and O–H groups in total. The molecule has 0 aliphatic rings. The highest BCUT2D eigenvalue weighted by molar-refractivity contribution is 5.95. The van der Waals surface area contributed by atoms with E-state index in [1.54, 1.807) is 0 Å². The highest BCUT2D eigenvalue weighted by Gasteiger charge is 2.20. The van der Waals surface area contributed by atoms with Crippen LogP contribution in [0, 0.1) is 13.8 Å². The van der Waals surface area contributed by atoms with Crippen LogP contribution in [0.2, 0.25) is 0 Å². The normalized spacial score (nSPS) is 12.2. The van der Waals surface area contributed by atoms with Gasteiger partial charge in [0.1, 0.15) is 0 Å². The molecule has 0 amide bonds. The Morgan fingerprint density at radius 1 is 0.425 bits per heavy atom. The zero-order chi connectivity index (χ0) is 26.5. The molecule has 0 saturated carbocycles. The second-order valence-corrected chi connectivity index (χ2v) is 10.5. The number of rotatable bonds is 2. The molecule has 6 heteroatoms. The van der Waals surface area contributed by atoms with Crippen LogP contribution in [0.15, 0.2) is 109 Å². The molecule has 0 aliphatic carbocycles. The van der Waals surface area contributed by atoms with E-state index >= 15 is 0 Å². The SMILES string of the molecule is Cc1cccc2c1nc1n(-c3cccc(-n4c5ccccc5n5c6cccc(C)c6nc45)c3)c3ccccc3n21. The molecule has 4 aromatic heterocycles. The summed E-state index contributed by atoms with van der Waals surface area (Å²) in [4.78, 5) is 10.3. The third-order valence-electron chi connectivity index (χ3n) is 8.21. The third kappa shape index (κ3) is 2.67. The molecule has 9 aromatic rings. The minimum Gasteiger partial charge on any atom is -0.278 e. The van der Waals surface area contributed by atoms with Gasteiger partial charge in [-0.2, -0.15) is 0 Å². The average molecular weight is 517 g/mol. The van der Waals surface area contributed by atoms with Crippen LogP contribution in [0.4, 0.5) is 0 Å². The summed E-state index contributed by atoms with van der Waals surface area (Å²) in [5.74, 6) is 1.82.